The van der Waals surface area contributed by atoms with E-state index in [0.29, 0.717) is 53.3 Å². The van der Waals surface area contributed by atoms with E-state index in [1.54, 1.807) is 31.4 Å². The molecular weight excluding hydrogens is 715 g/mol. The summed E-state index contributed by atoms with van der Waals surface area (Å²) in [7, 11) is 3.11. The van der Waals surface area contributed by atoms with E-state index < -0.39 is 6.03 Å². The third kappa shape index (κ3) is 7.65. The molecule has 15 nitrogen and oxygen atoms in total. The first-order valence-corrected chi connectivity index (χ1v) is 19.5. The summed E-state index contributed by atoms with van der Waals surface area (Å²) in [5.74, 6) is 0.385. The maximum atomic E-state index is 13.6. The molecule has 0 atom stereocenters. The van der Waals surface area contributed by atoms with Crippen molar-refractivity contribution in [1.29, 1.82) is 0 Å². The molecule has 6 heterocycles. The van der Waals surface area contributed by atoms with E-state index in [2.05, 4.69) is 36.3 Å². The Morgan fingerprint density at radius 1 is 0.911 bits per heavy atom. The number of likely N-dealkylation sites (tertiary alicyclic amines) is 3. The minimum absolute atomic E-state index is 0.0512. The highest BCUT2D eigenvalue weighted by atomic mass is 16.5. The van der Waals surface area contributed by atoms with Crippen molar-refractivity contribution in [1.82, 2.24) is 34.8 Å². The molecule has 294 valence electrons. The van der Waals surface area contributed by atoms with E-state index in [9.17, 15) is 19.2 Å². The number of aromatic nitrogens is 3. The van der Waals surface area contributed by atoms with Crippen LogP contribution in [-0.2, 0) is 4.79 Å². The summed E-state index contributed by atoms with van der Waals surface area (Å²) in [6, 6.07) is 14.1. The van der Waals surface area contributed by atoms with E-state index in [4.69, 9.17) is 14.6 Å². The van der Waals surface area contributed by atoms with Crippen molar-refractivity contribution in [2.75, 3.05) is 83.3 Å². The van der Waals surface area contributed by atoms with Crippen LogP contribution in [0.5, 0.6) is 11.5 Å². The lowest BCUT2D eigenvalue weighted by atomic mass is 9.72. The number of aryl methyl sites for hydroxylation is 1. The molecular formula is C41H49N9O6. The average Bonchev–Trinajstić information content (AvgIpc) is 3.61. The Hall–Kier alpha value is -5.54. The van der Waals surface area contributed by atoms with Gasteiger partial charge in [0.25, 0.3) is 11.8 Å². The summed E-state index contributed by atoms with van der Waals surface area (Å²) in [5.41, 5.74) is 3.81. The molecule has 4 aromatic rings. The zero-order valence-corrected chi connectivity index (χ0v) is 32.3. The topological polar surface area (TPSA) is 154 Å². The predicted molar refractivity (Wildman–Crippen MR) is 210 cm³/mol. The summed E-state index contributed by atoms with van der Waals surface area (Å²) in [6.45, 7) is 9.73. The van der Waals surface area contributed by atoms with Crippen molar-refractivity contribution in [3.05, 3.63) is 71.7 Å². The van der Waals surface area contributed by atoms with Crippen LogP contribution in [0, 0.1) is 12.3 Å². The number of nitrogens with one attached hydrogen (secondary N) is 2. The third-order valence-electron chi connectivity index (χ3n) is 11.9. The van der Waals surface area contributed by atoms with E-state index in [1.807, 2.05) is 36.1 Å². The zero-order chi connectivity index (χ0) is 39.0. The van der Waals surface area contributed by atoms with Gasteiger partial charge < -0.3 is 29.5 Å². The Balaban J connectivity index is 0.790. The maximum absolute atomic E-state index is 13.6. The summed E-state index contributed by atoms with van der Waals surface area (Å²) >= 11 is 0. The van der Waals surface area contributed by atoms with Crippen LogP contribution in [0.1, 0.15) is 64.7 Å². The molecule has 2 aromatic carbocycles. The van der Waals surface area contributed by atoms with Crippen molar-refractivity contribution < 1.29 is 28.7 Å². The molecule has 4 aliphatic rings. The Morgan fingerprint density at radius 2 is 1.66 bits per heavy atom. The number of nitrogens with zero attached hydrogens (tertiary/aromatic N) is 7. The molecule has 4 saturated heterocycles. The molecule has 15 heteroatoms. The number of fused-ring (bicyclic) bond motifs is 1. The van der Waals surface area contributed by atoms with Crippen LogP contribution in [0.3, 0.4) is 0 Å². The van der Waals surface area contributed by atoms with Crippen molar-refractivity contribution >= 4 is 46.0 Å². The van der Waals surface area contributed by atoms with Crippen LogP contribution >= 0.6 is 0 Å². The Labute approximate surface area is 325 Å². The highest BCUT2D eigenvalue weighted by Gasteiger charge is 2.45. The molecule has 4 aliphatic heterocycles. The number of imide groups is 1. The minimum atomic E-state index is -0.510. The van der Waals surface area contributed by atoms with Gasteiger partial charge in [0, 0.05) is 94.2 Å². The van der Waals surface area contributed by atoms with E-state index in [-0.39, 0.29) is 36.1 Å². The first kappa shape index (κ1) is 37.4. The molecule has 0 unspecified atom stereocenters. The number of anilines is 2. The maximum Gasteiger partial charge on any atom is 0.328 e. The van der Waals surface area contributed by atoms with Gasteiger partial charge in [0.15, 0.2) is 0 Å². The van der Waals surface area contributed by atoms with Crippen LogP contribution < -0.4 is 25.0 Å². The number of methoxy groups -OCH3 is 2. The van der Waals surface area contributed by atoms with Gasteiger partial charge in [0.2, 0.25) is 5.91 Å². The van der Waals surface area contributed by atoms with Gasteiger partial charge in [-0.2, -0.15) is 5.10 Å². The minimum Gasteiger partial charge on any atom is -0.495 e. The monoisotopic (exact) mass is 763 g/mol. The number of benzene rings is 2. The van der Waals surface area contributed by atoms with Crippen LogP contribution in [0.25, 0.3) is 10.9 Å². The van der Waals surface area contributed by atoms with Crippen LogP contribution in [0.2, 0.25) is 0 Å². The smallest absolute Gasteiger partial charge is 0.328 e. The van der Waals surface area contributed by atoms with Crippen LogP contribution in [-0.4, -0.2) is 126 Å². The van der Waals surface area contributed by atoms with Crippen molar-refractivity contribution in [3.8, 4) is 11.5 Å². The van der Waals surface area contributed by atoms with Crippen LogP contribution in [0.15, 0.2) is 54.7 Å². The molecule has 1 spiro atoms. The second-order valence-corrected chi connectivity index (χ2v) is 15.6. The molecule has 5 amide bonds. The zero-order valence-electron chi connectivity index (χ0n) is 32.3. The third-order valence-corrected chi connectivity index (χ3v) is 11.9. The fourth-order valence-corrected chi connectivity index (χ4v) is 8.64. The molecule has 56 heavy (non-hydrogen) atoms. The fraction of sp³-hybridized carbons (Fsp3) is 0.463. The SMILES string of the molecule is COc1cc2nn(C3CCN(CCN4CC5(CCN(C(=O)c6ccc(OC)c(N7CCC(=O)NC7=O)c6)CC5)C4)CC3)cc2cc1NC(=O)c1cccc(C)n1. The van der Waals surface area contributed by atoms with Gasteiger partial charge in [-0.05, 0) is 74.4 Å². The number of piperidine rings is 2. The van der Waals surface area contributed by atoms with E-state index in [1.165, 1.54) is 12.0 Å². The normalized spacial score (nSPS) is 19.2. The average molecular weight is 764 g/mol. The quantitative estimate of drug-likeness (QED) is 0.239. The number of amides is 5. The number of carbonyl (C=O) groups is 4. The highest BCUT2D eigenvalue weighted by Crippen LogP contribution is 2.41. The summed E-state index contributed by atoms with van der Waals surface area (Å²) in [4.78, 5) is 63.5. The van der Waals surface area contributed by atoms with Gasteiger partial charge in [-0.15, -0.1) is 0 Å². The number of pyridine rings is 1. The molecule has 2 aromatic heterocycles. The Kier molecular flexibility index (Phi) is 10.4. The largest absolute Gasteiger partial charge is 0.495 e. The first-order valence-electron chi connectivity index (χ1n) is 19.5. The van der Waals surface area contributed by atoms with Crippen LogP contribution in [0.4, 0.5) is 16.2 Å². The molecule has 8 rings (SSSR count). The second-order valence-electron chi connectivity index (χ2n) is 15.6. The Bertz CT molecular complexity index is 2150. The summed E-state index contributed by atoms with van der Waals surface area (Å²) < 4.78 is 13.2. The van der Waals surface area contributed by atoms with Gasteiger partial charge in [-0.3, -0.25) is 29.3 Å². The predicted octanol–water partition coefficient (Wildman–Crippen LogP) is 4.33. The summed E-state index contributed by atoms with van der Waals surface area (Å²) in [5, 5.41) is 11.1. The molecule has 0 radical (unpaired) electrons. The lowest BCUT2D eigenvalue weighted by molar-refractivity contribution is -0.120. The van der Waals surface area contributed by atoms with Gasteiger partial charge in [-0.25, -0.2) is 9.78 Å². The van der Waals surface area contributed by atoms with Gasteiger partial charge in [0.05, 0.1) is 37.2 Å². The Morgan fingerprint density at radius 3 is 2.38 bits per heavy atom. The van der Waals surface area contributed by atoms with Crippen molar-refractivity contribution in [3.63, 3.8) is 0 Å². The number of rotatable bonds is 10. The van der Waals surface area contributed by atoms with E-state index >= 15 is 0 Å². The molecule has 0 saturated carbocycles. The molecule has 0 bridgehead atoms. The number of carbonyl (C=O) groups excluding carboxylic acids is 4. The molecule has 2 N–H and O–H groups in total. The van der Waals surface area contributed by atoms with Crippen molar-refractivity contribution in [2.24, 2.45) is 5.41 Å². The fourth-order valence-electron chi connectivity index (χ4n) is 8.64. The molecule has 0 aliphatic carbocycles. The van der Waals surface area contributed by atoms with Crippen molar-refractivity contribution in [2.45, 2.75) is 45.1 Å². The highest BCUT2D eigenvalue weighted by molar-refractivity contribution is 6.07. The lowest BCUT2D eigenvalue weighted by Gasteiger charge is -2.54. The van der Waals surface area contributed by atoms with Gasteiger partial charge in [0.1, 0.15) is 17.2 Å². The number of ether oxygens (including phenoxy) is 2. The number of urea groups is 1. The van der Waals surface area contributed by atoms with E-state index in [0.717, 1.165) is 81.5 Å². The summed E-state index contributed by atoms with van der Waals surface area (Å²) in [6.07, 6.45) is 6.24. The standard InChI is InChI=1S/C41H49N9O6/c1-27-5-4-6-31(42-27)38(52)43-33-21-29-24-50(45-32(29)23-36(33)56-3)30-9-14-46(15-10-30)19-20-47-25-41(26-47)12-17-48(18-13-41)39(53)28-7-8-35(55-2)34(22-28)49-16-11-37(51)44-40(49)54/h4-8,21-24,30H,9-20,25-26H2,1-3H3,(H,43,52)(H,44,51,54). The lowest BCUT2D eigenvalue weighted by Crippen LogP contribution is -2.61. The first-order chi connectivity index (χ1) is 27.1. The van der Waals surface area contributed by atoms with Gasteiger partial charge >= 0.3 is 6.03 Å². The number of hydrogen-bond acceptors (Lipinski definition) is 10. The number of hydrogen-bond donors (Lipinski definition) is 2. The van der Waals surface area contributed by atoms with Gasteiger partial charge in [-0.1, -0.05) is 6.07 Å². The molecule has 4 fully saturated rings. The second kappa shape index (κ2) is 15.5.